The summed E-state index contributed by atoms with van der Waals surface area (Å²) in [6.45, 7) is 3.46. The minimum atomic E-state index is -0.414. The molecule has 0 bridgehead atoms. The third-order valence-electron chi connectivity index (χ3n) is 5.36. The molecule has 0 atom stereocenters. The number of piperidine rings is 1. The minimum absolute atomic E-state index is 0.142. The predicted molar refractivity (Wildman–Crippen MR) is 120 cm³/mol. The Balaban J connectivity index is 1.53. The van der Waals surface area contributed by atoms with E-state index in [1.54, 1.807) is 29.6 Å². The number of nitrogen functional groups attached to an aromatic ring is 1. The molecule has 1 aliphatic rings. The molecule has 3 aromatic heterocycles. The third-order valence-corrected chi connectivity index (χ3v) is 5.36. The summed E-state index contributed by atoms with van der Waals surface area (Å²) in [5.41, 5.74) is 8.76. The van der Waals surface area contributed by atoms with Crippen LogP contribution in [0, 0.1) is 6.92 Å². The van der Waals surface area contributed by atoms with Crippen molar-refractivity contribution in [3.63, 3.8) is 0 Å². The predicted octanol–water partition coefficient (Wildman–Crippen LogP) is 3.09. The summed E-state index contributed by atoms with van der Waals surface area (Å²) in [5, 5.41) is 4.19. The molecule has 8 heteroatoms. The van der Waals surface area contributed by atoms with Crippen molar-refractivity contribution >= 4 is 34.2 Å². The topological polar surface area (TPSA) is 114 Å². The van der Waals surface area contributed by atoms with Crippen LogP contribution in [-0.4, -0.2) is 44.8 Å². The average Bonchev–Trinajstić information content (AvgIpc) is 2.78. The molecular weight excluding hydrogens is 392 g/mol. The van der Waals surface area contributed by atoms with E-state index in [1.165, 1.54) is 12.2 Å². The number of carbonyl (C=O) groups excluding carboxylic acids is 2. The molecule has 0 spiro atoms. The van der Waals surface area contributed by atoms with Gasteiger partial charge in [-0.3, -0.25) is 14.6 Å². The molecule has 0 aromatic carbocycles. The second kappa shape index (κ2) is 8.91. The first kappa shape index (κ1) is 20.5. The Morgan fingerprint density at radius 1 is 1.13 bits per heavy atom. The maximum absolute atomic E-state index is 12.3. The SMILES string of the molecule is Cc1ccncc1-c1cc2cc(NC(=O)/C=C/C(=O)N3CCCCC3)ncc2c(N)n1. The van der Waals surface area contributed by atoms with E-state index in [4.69, 9.17) is 5.73 Å². The summed E-state index contributed by atoms with van der Waals surface area (Å²) >= 11 is 0. The number of aryl methyl sites for hydroxylation is 1. The lowest BCUT2D eigenvalue weighted by Gasteiger charge is -2.25. The van der Waals surface area contributed by atoms with Gasteiger partial charge < -0.3 is 16.0 Å². The fourth-order valence-electron chi connectivity index (χ4n) is 3.65. The van der Waals surface area contributed by atoms with E-state index in [0.717, 1.165) is 48.9 Å². The summed E-state index contributed by atoms with van der Waals surface area (Å²) in [5.74, 6) is 0.166. The van der Waals surface area contributed by atoms with E-state index in [2.05, 4.69) is 20.3 Å². The van der Waals surface area contributed by atoms with Gasteiger partial charge in [0.2, 0.25) is 11.8 Å². The zero-order valence-electron chi connectivity index (χ0n) is 17.3. The number of nitrogens with one attached hydrogen (secondary N) is 1. The third kappa shape index (κ3) is 4.69. The van der Waals surface area contributed by atoms with Crippen LogP contribution in [-0.2, 0) is 9.59 Å². The van der Waals surface area contributed by atoms with Crippen LogP contribution in [0.15, 0.2) is 48.9 Å². The number of anilines is 2. The van der Waals surface area contributed by atoms with Crippen LogP contribution in [0.2, 0.25) is 0 Å². The Bertz CT molecular complexity index is 1170. The molecule has 3 aromatic rings. The highest BCUT2D eigenvalue weighted by molar-refractivity contribution is 6.04. The summed E-state index contributed by atoms with van der Waals surface area (Å²) < 4.78 is 0. The van der Waals surface area contributed by atoms with Gasteiger partial charge in [0.05, 0.1) is 5.69 Å². The Labute approximate surface area is 180 Å². The van der Waals surface area contributed by atoms with Crippen LogP contribution >= 0.6 is 0 Å². The molecule has 0 saturated carbocycles. The van der Waals surface area contributed by atoms with E-state index in [1.807, 2.05) is 19.1 Å². The van der Waals surface area contributed by atoms with E-state index in [0.29, 0.717) is 22.7 Å². The zero-order valence-corrected chi connectivity index (χ0v) is 17.3. The second-order valence-electron chi connectivity index (χ2n) is 7.58. The standard InChI is InChI=1S/C23H24N6O2/c1-15-7-8-25-13-17(15)19-11-16-12-20(26-14-18(16)23(24)27-19)28-21(30)5-6-22(31)29-9-3-2-4-10-29/h5-8,11-14H,2-4,9-10H2,1H3,(H2,24,27)(H,26,28,30)/b6-5+. The Kier molecular flexibility index (Phi) is 5.88. The number of hydrogen-bond donors (Lipinski definition) is 2. The maximum atomic E-state index is 12.3. The summed E-state index contributed by atoms with van der Waals surface area (Å²) in [6, 6.07) is 5.54. The van der Waals surface area contributed by atoms with Gasteiger partial charge >= 0.3 is 0 Å². The first-order valence-corrected chi connectivity index (χ1v) is 10.3. The van der Waals surface area contributed by atoms with Gasteiger partial charge in [-0.15, -0.1) is 0 Å². The number of nitrogens with two attached hydrogens (primary N) is 1. The van der Waals surface area contributed by atoms with Crippen LogP contribution in [0.4, 0.5) is 11.6 Å². The number of pyridine rings is 3. The van der Waals surface area contributed by atoms with Crippen molar-refractivity contribution in [3.05, 3.63) is 54.5 Å². The normalized spacial score (nSPS) is 14.2. The van der Waals surface area contributed by atoms with Crippen molar-refractivity contribution in [2.75, 3.05) is 24.1 Å². The number of nitrogens with zero attached hydrogens (tertiary/aromatic N) is 4. The van der Waals surface area contributed by atoms with Crippen molar-refractivity contribution in [3.8, 4) is 11.3 Å². The lowest BCUT2D eigenvalue weighted by molar-refractivity contribution is -0.127. The number of carbonyl (C=O) groups is 2. The molecule has 4 rings (SSSR count). The number of likely N-dealkylation sites (tertiary alicyclic amines) is 1. The summed E-state index contributed by atoms with van der Waals surface area (Å²) in [4.78, 5) is 39.1. The summed E-state index contributed by atoms with van der Waals surface area (Å²) in [7, 11) is 0. The van der Waals surface area contributed by atoms with Crippen LogP contribution < -0.4 is 11.1 Å². The van der Waals surface area contributed by atoms with Gasteiger partial charge in [-0.2, -0.15) is 0 Å². The van der Waals surface area contributed by atoms with Gasteiger partial charge in [0.15, 0.2) is 0 Å². The number of fused-ring (bicyclic) bond motifs is 1. The first-order chi connectivity index (χ1) is 15.0. The highest BCUT2D eigenvalue weighted by Gasteiger charge is 2.14. The molecular formula is C23H24N6O2. The molecule has 0 unspecified atom stereocenters. The molecule has 1 fully saturated rings. The monoisotopic (exact) mass is 416 g/mol. The van der Waals surface area contributed by atoms with Crippen LogP contribution in [0.1, 0.15) is 24.8 Å². The maximum Gasteiger partial charge on any atom is 0.249 e. The number of rotatable bonds is 4. The van der Waals surface area contributed by atoms with Crippen molar-refractivity contribution in [2.45, 2.75) is 26.2 Å². The zero-order chi connectivity index (χ0) is 21.8. The smallest absolute Gasteiger partial charge is 0.249 e. The number of aromatic nitrogens is 3. The lowest BCUT2D eigenvalue weighted by atomic mass is 10.1. The van der Waals surface area contributed by atoms with Crippen LogP contribution in [0.3, 0.4) is 0 Å². The molecule has 2 amide bonds. The largest absolute Gasteiger partial charge is 0.383 e. The molecule has 31 heavy (non-hydrogen) atoms. The molecule has 8 nitrogen and oxygen atoms in total. The second-order valence-corrected chi connectivity index (χ2v) is 7.58. The minimum Gasteiger partial charge on any atom is -0.383 e. The van der Waals surface area contributed by atoms with E-state index >= 15 is 0 Å². The quantitative estimate of drug-likeness (QED) is 0.632. The molecule has 0 aliphatic carbocycles. The molecule has 3 N–H and O–H groups in total. The summed E-state index contributed by atoms with van der Waals surface area (Å²) in [6.07, 6.45) is 10.8. The molecule has 1 aliphatic heterocycles. The highest BCUT2D eigenvalue weighted by Crippen LogP contribution is 2.28. The Morgan fingerprint density at radius 3 is 2.71 bits per heavy atom. The Hall–Kier alpha value is -3.81. The van der Waals surface area contributed by atoms with Gasteiger partial charge in [0.25, 0.3) is 0 Å². The van der Waals surface area contributed by atoms with E-state index < -0.39 is 5.91 Å². The fraction of sp³-hybridized carbons (Fsp3) is 0.261. The van der Waals surface area contributed by atoms with Gasteiger partial charge in [0.1, 0.15) is 11.6 Å². The van der Waals surface area contributed by atoms with Gasteiger partial charge in [-0.05, 0) is 55.3 Å². The molecule has 0 radical (unpaired) electrons. The van der Waals surface area contributed by atoms with Crippen molar-refractivity contribution < 1.29 is 9.59 Å². The number of amides is 2. The highest BCUT2D eigenvalue weighted by atomic mass is 16.2. The van der Waals surface area contributed by atoms with Gasteiger partial charge in [-0.25, -0.2) is 9.97 Å². The Morgan fingerprint density at radius 2 is 1.94 bits per heavy atom. The van der Waals surface area contributed by atoms with Gasteiger partial charge in [0, 0.05) is 54.8 Å². The average molecular weight is 416 g/mol. The molecule has 1 saturated heterocycles. The van der Waals surface area contributed by atoms with Crippen molar-refractivity contribution in [1.29, 1.82) is 0 Å². The lowest BCUT2D eigenvalue weighted by Crippen LogP contribution is -2.34. The van der Waals surface area contributed by atoms with Crippen molar-refractivity contribution in [1.82, 2.24) is 19.9 Å². The van der Waals surface area contributed by atoms with Gasteiger partial charge in [-0.1, -0.05) is 0 Å². The van der Waals surface area contributed by atoms with E-state index in [-0.39, 0.29) is 5.91 Å². The number of hydrogen-bond acceptors (Lipinski definition) is 6. The van der Waals surface area contributed by atoms with Crippen LogP contribution in [0.25, 0.3) is 22.0 Å². The van der Waals surface area contributed by atoms with E-state index in [9.17, 15) is 9.59 Å². The first-order valence-electron chi connectivity index (χ1n) is 10.3. The van der Waals surface area contributed by atoms with Crippen LogP contribution in [0.5, 0.6) is 0 Å². The molecule has 158 valence electrons. The molecule has 4 heterocycles. The fourth-order valence-corrected chi connectivity index (χ4v) is 3.65. The van der Waals surface area contributed by atoms with Crippen molar-refractivity contribution in [2.24, 2.45) is 0 Å².